The van der Waals surface area contributed by atoms with Crippen LogP contribution in [0.5, 0.6) is 0 Å². The molecule has 76 valence electrons. The van der Waals surface area contributed by atoms with Crippen molar-refractivity contribution >= 4 is 11.6 Å². The Hall–Kier alpha value is -0.600. The van der Waals surface area contributed by atoms with Gasteiger partial charge in [-0.2, -0.15) is 0 Å². The van der Waals surface area contributed by atoms with Gasteiger partial charge in [0.25, 0.3) is 0 Å². The van der Waals surface area contributed by atoms with E-state index in [1.165, 1.54) is 0 Å². The van der Waals surface area contributed by atoms with Crippen molar-refractivity contribution in [3.63, 3.8) is 0 Å². The third-order valence-corrected chi connectivity index (χ3v) is 3.08. The SMILES string of the molecule is FCc1c(Cl)cccc1C1CCCN1. The van der Waals surface area contributed by atoms with Gasteiger partial charge < -0.3 is 5.32 Å². The molecular weight excluding hydrogens is 201 g/mol. The number of halogens is 2. The Morgan fingerprint density at radius 2 is 2.36 bits per heavy atom. The normalized spacial score (nSPS) is 21.4. The summed E-state index contributed by atoms with van der Waals surface area (Å²) >= 11 is 5.94. The predicted octanol–water partition coefficient (Wildman–Crippen LogP) is 3.23. The summed E-state index contributed by atoms with van der Waals surface area (Å²) in [6.45, 7) is 0.538. The summed E-state index contributed by atoms with van der Waals surface area (Å²) in [4.78, 5) is 0. The first-order valence-corrected chi connectivity index (χ1v) is 5.27. The maximum absolute atomic E-state index is 12.8. The van der Waals surface area contributed by atoms with Crippen LogP contribution in [0.2, 0.25) is 5.02 Å². The van der Waals surface area contributed by atoms with Gasteiger partial charge >= 0.3 is 0 Å². The van der Waals surface area contributed by atoms with Crippen molar-refractivity contribution in [1.29, 1.82) is 0 Å². The molecule has 1 aromatic carbocycles. The Morgan fingerprint density at radius 1 is 1.50 bits per heavy atom. The lowest BCUT2D eigenvalue weighted by molar-refractivity contribution is 0.477. The molecule has 1 aromatic rings. The molecule has 1 nitrogen and oxygen atoms in total. The van der Waals surface area contributed by atoms with Crippen LogP contribution < -0.4 is 5.32 Å². The minimum absolute atomic E-state index is 0.291. The summed E-state index contributed by atoms with van der Waals surface area (Å²) in [5.41, 5.74) is 1.67. The second kappa shape index (κ2) is 4.28. The Labute approximate surface area is 88.3 Å². The zero-order valence-corrected chi connectivity index (χ0v) is 8.65. The van der Waals surface area contributed by atoms with Crippen molar-refractivity contribution < 1.29 is 4.39 Å². The predicted molar refractivity (Wildman–Crippen MR) is 56.2 cm³/mol. The standard InChI is InChI=1S/C11H13ClFN/c12-10-4-1-3-8(9(10)7-13)11-5-2-6-14-11/h1,3-4,11,14H,2,5-7H2. The second-order valence-electron chi connectivity index (χ2n) is 3.59. The van der Waals surface area contributed by atoms with E-state index in [-0.39, 0.29) is 0 Å². The lowest BCUT2D eigenvalue weighted by Gasteiger charge is -2.15. The van der Waals surface area contributed by atoms with Crippen LogP contribution in [0.3, 0.4) is 0 Å². The van der Waals surface area contributed by atoms with E-state index in [1.54, 1.807) is 6.07 Å². The van der Waals surface area contributed by atoms with E-state index in [2.05, 4.69) is 5.32 Å². The lowest BCUT2D eigenvalue weighted by Crippen LogP contribution is -2.14. The van der Waals surface area contributed by atoms with Gasteiger partial charge in [0.1, 0.15) is 6.67 Å². The van der Waals surface area contributed by atoms with Crippen molar-refractivity contribution in [2.45, 2.75) is 25.6 Å². The number of benzene rings is 1. The molecule has 1 aliphatic heterocycles. The molecule has 1 saturated heterocycles. The van der Waals surface area contributed by atoms with Gasteiger partial charge in [-0.15, -0.1) is 0 Å². The fourth-order valence-corrected chi connectivity index (χ4v) is 2.23. The Bertz CT molecular complexity index is 321. The van der Waals surface area contributed by atoms with Crippen molar-refractivity contribution in [3.05, 3.63) is 34.3 Å². The van der Waals surface area contributed by atoms with Gasteiger partial charge in [0, 0.05) is 16.6 Å². The fraction of sp³-hybridized carbons (Fsp3) is 0.455. The van der Waals surface area contributed by atoms with Crippen LogP contribution in [-0.4, -0.2) is 6.54 Å². The average Bonchev–Trinajstić information content (AvgIpc) is 2.70. The highest BCUT2D eigenvalue weighted by Crippen LogP contribution is 2.30. The molecule has 0 aromatic heterocycles. The van der Waals surface area contributed by atoms with Crippen molar-refractivity contribution in [3.8, 4) is 0 Å². The van der Waals surface area contributed by atoms with Gasteiger partial charge in [-0.05, 0) is 31.0 Å². The summed E-state index contributed by atoms with van der Waals surface area (Å²) < 4.78 is 12.8. The van der Waals surface area contributed by atoms with E-state index in [0.717, 1.165) is 24.9 Å². The largest absolute Gasteiger partial charge is 0.310 e. The highest BCUT2D eigenvalue weighted by molar-refractivity contribution is 6.31. The molecule has 1 unspecified atom stereocenters. The Balaban J connectivity index is 2.35. The zero-order valence-electron chi connectivity index (χ0n) is 7.89. The number of nitrogens with one attached hydrogen (secondary N) is 1. The van der Waals surface area contributed by atoms with Gasteiger partial charge in [-0.1, -0.05) is 23.7 Å². The molecule has 1 N–H and O–H groups in total. The molecule has 0 saturated carbocycles. The molecule has 0 radical (unpaired) electrons. The van der Waals surface area contributed by atoms with Gasteiger partial charge in [0.2, 0.25) is 0 Å². The quantitative estimate of drug-likeness (QED) is 0.796. The van der Waals surface area contributed by atoms with Crippen LogP contribution in [0.25, 0.3) is 0 Å². The van der Waals surface area contributed by atoms with E-state index in [4.69, 9.17) is 11.6 Å². The first kappa shape index (κ1) is 9.94. The van der Waals surface area contributed by atoms with E-state index >= 15 is 0 Å². The summed E-state index contributed by atoms with van der Waals surface area (Å²) in [5.74, 6) is 0. The highest BCUT2D eigenvalue weighted by atomic mass is 35.5. The van der Waals surface area contributed by atoms with Crippen LogP contribution in [-0.2, 0) is 6.67 Å². The molecule has 14 heavy (non-hydrogen) atoms. The van der Waals surface area contributed by atoms with E-state index < -0.39 is 6.67 Å². The molecule has 0 amide bonds. The van der Waals surface area contributed by atoms with Gasteiger partial charge in [-0.3, -0.25) is 0 Å². The maximum atomic E-state index is 12.8. The van der Waals surface area contributed by atoms with Gasteiger partial charge in [-0.25, -0.2) is 4.39 Å². The first-order valence-electron chi connectivity index (χ1n) is 4.89. The Morgan fingerprint density at radius 3 is 3.00 bits per heavy atom. The summed E-state index contributed by atoms with van der Waals surface area (Å²) in [5, 5.41) is 3.89. The summed E-state index contributed by atoms with van der Waals surface area (Å²) in [7, 11) is 0. The maximum Gasteiger partial charge on any atom is 0.116 e. The monoisotopic (exact) mass is 213 g/mol. The molecular formula is C11H13ClFN. The van der Waals surface area contributed by atoms with Gasteiger partial charge in [0.05, 0.1) is 0 Å². The topological polar surface area (TPSA) is 12.0 Å². The van der Waals surface area contributed by atoms with Crippen LogP contribution >= 0.6 is 11.6 Å². The molecule has 1 fully saturated rings. The highest BCUT2D eigenvalue weighted by Gasteiger charge is 2.19. The van der Waals surface area contributed by atoms with Crippen LogP contribution in [0.1, 0.15) is 30.0 Å². The molecule has 2 rings (SSSR count). The van der Waals surface area contributed by atoms with E-state index in [9.17, 15) is 4.39 Å². The van der Waals surface area contributed by atoms with Crippen LogP contribution in [0.4, 0.5) is 4.39 Å². The molecule has 3 heteroatoms. The smallest absolute Gasteiger partial charge is 0.116 e. The molecule has 0 bridgehead atoms. The molecule has 1 aliphatic rings. The van der Waals surface area contributed by atoms with Crippen molar-refractivity contribution in [2.75, 3.05) is 6.54 Å². The third kappa shape index (κ3) is 1.77. The van der Waals surface area contributed by atoms with Crippen LogP contribution in [0, 0.1) is 0 Å². The molecule has 0 spiro atoms. The second-order valence-corrected chi connectivity index (χ2v) is 4.00. The van der Waals surface area contributed by atoms with E-state index in [1.807, 2.05) is 12.1 Å². The average molecular weight is 214 g/mol. The number of alkyl halides is 1. The molecule has 1 atom stereocenters. The minimum Gasteiger partial charge on any atom is -0.310 e. The first-order chi connectivity index (χ1) is 6.83. The molecule has 0 aliphatic carbocycles. The molecule has 1 heterocycles. The van der Waals surface area contributed by atoms with Crippen molar-refractivity contribution in [1.82, 2.24) is 5.32 Å². The summed E-state index contributed by atoms with van der Waals surface area (Å²) in [6.07, 6.45) is 2.23. The minimum atomic E-state index is -0.479. The number of hydrogen-bond acceptors (Lipinski definition) is 1. The van der Waals surface area contributed by atoms with Crippen LogP contribution in [0.15, 0.2) is 18.2 Å². The lowest BCUT2D eigenvalue weighted by atomic mass is 10.00. The number of hydrogen-bond donors (Lipinski definition) is 1. The zero-order chi connectivity index (χ0) is 9.97. The third-order valence-electron chi connectivity index (χ3n) is 2.72. The van der Waals surface area contributed by atoms with E-state index in [0.29, 0.717) is 16.6 Å². The van der Waals surface area contributed by atoms with Crippen molar-refractivity contribution in [2.24, 2.45) is 0 Å². The fourth-order valence-electron chi connectivity index (χ4n) is 1.99. The number of rotatable bonds is 2. The summed E-state index contributed by atoms with van der Waals surface area (Å²) in [6, 6.07) is 5.88. The Kier molecular flexibility index (Phi) is 3.04. The van der Waals surface area contributed by atoms with Gasteiger partial charge in [0.15, 0.2) is 0 Å².